The van der Waals surface area contributed by atoms with Crippen molar-refractivity contribution >= 4 is 27.8 Å². The van der Waals surface area contributed by atoms with Gasteiger partial charge in [0.15, 0.2) is 0 Å². The summed E-state index contributed by atoms with van der Waals surface area (Å²) in [6.07, 6.45) is 1.98. The molecular weight excluding hydrogens is 428 g/mol. The van der Waals surface area contributed by atoms with Gasteiger partial charge < -0.3 is 9.15 Å². The first kappa shape index (κ1) is 22.4. The van der Waals surface area contributed by atoms with E-state index < -0.39 is 33.7 Å². The van der Waals surface area contributed by atoms with Crippen molar-refractivity contribution in [3.8, 4) is 0 Å². The molecule has 0 atom stereocenters. The summed E-state index contributed by atoms with van der Waals surface area (Å²) in [7, 11) is -3.95. The first-order chi connectivity index (χ1) is 14.8. The molecule has 0 saturated carbocycles. The Morgan fingerprint density at radius 1 is 1.16 bits per heavy atom. The molecule has 2 amide bonds. The minimum absolute atomic E-state index is 0.0873. The number of aromatic nitrogens is 1. The van der Waals surface area contributed by atoms with Gasteiger partial charge in [-0.25, -0.2) is 13.2 Å². The minimum atomic E-state index is -3.95. The Labute approximate surface area is 178 Å². The molecule has 31 heavy (non-hydrogen) atoms. The fourth-order valence-corrected chi connectivity index (χ4v) is 4.42. The largest absolute Gasteiger partial charge is 0.460 e. The molecule has 0 aliphatic carbocycles. The van der Waals surface area contributed by atoms with Gasteiger partial charge in [-0.3, -0.25) is 25.4 Å². The van der Waals surface area contributed by atoms with E-state index in [1.807, 2.05) is 0 Å². The summed E-state index contributed by atoms with van der Waals surface area (Å²) in [5.41, 5.74) is 4.80. The van der Waals surface area contributed by atoms with Crippen LogP contribution in [0.25, 0.3) is 0 Å². The van der Waals surface area contributed by atoms with Crippen molar-refractivity contribution < 1.29 is 32.0 Å². The molecule has 2 aromatic rings. The monoisotopic (exact) mass is 450 g/mol. The Balaban J connectivity index is 1.53. The summed E-state index contributed by atoms with van der Waals surface area (Å²) in [5.74, 6) is -2.37. The maximum Gasteiger partial charge on any atom is 0.374 e. The highest BCUT2D eigenvalue weighted by atomic mass is 32.2. The number of carbonyl (C=O) groups is 3. The lowest BCUT2D eigenvalue weighted by Gasteiger charge is -2.29. The van der Waals surface area contributed by atoms with Gasteiger partial charge in [0.05, 0.1) is 6.61 Å². The highest BCUT2D eigenvalue weighted by Crippen LogP contribution is 2.25. The Morgan fingerprint density at radius 3 is 2.55 bits per heavy atom. The smallest absolute Gasteiger partial charge is 0.374 e. The molecule has 0 bridgehead atoms. The Kier molecular flexibility index (Phi) is 7.02. The number of amides is 2. The molecule has 2 aromatic heterocycles. The van der Waals surface area contributed by atoms with Gasteiger partial charge in [-0.15, -0.1) is 0 Å². The van der Waals surface area contributed by atoms with E-state index in [1.165, 1.54) is 28.7 Å². The van der Waals surface area contributed by atoms with Gasteiger partial charge in [0.1, 0.15) is 5.69 Å². The van der Waals surface area contributed by atoms with E-state index in [0.29, 0.717) is 0 Å². The summed E-state index contributed by atoms with van der Waals surface area (Å²) in [6, 6.07) is 7.27. The van der Waals surface area contributed by atoms with Crippen molar-refractivity contribution in [3.63, 3.8) is 0 Å². The number of hydrazine groups is 1. The second kappa shape index (κ2) is 9.71. The molecule has 3 heterocycles. The van der Waals surface area contributed by atoms with Crippen LogP contribution in [-0.4, -0.2) is 55.2 Å². The Bertz CT molecular complexity index is 1040. The van der Waals surface area contributed by atoms with E-state index in [-0.39, 0.29) is 49.1 Å². The highest BCUT2D eigenvalue weighted by Gasteiger charge is 2.34. The third-order valence-corrected chi connectivity index (χ3v) is 6.45. The SMILES string of the molecule is CCOC(=O)c1ccc(S(=O)(=O)N2CCC(C(=O)NNC(=O)c3ccccn3)CC2)o1. The number of hydrogen-bond donors (Lipinski definition) is 2. The zero-order valence-corrected chi connectivity index (χ0v) is 17.6. The van der Waals surface area contributed by atoms with Gasteiger partial charge in [0.25, 0.3) is 15.9 Å². The lowest BCUT2D eigenvalue weighted by atomic mass is 9.98. The number of furan rings is 1. The summed E-state index contributed by atoms with van der Waals surface area (Å²) in [6.45, 7) is 1.94. The molecule has 1 aliphatic heterocycles. The number of pyridine rings is 1. The average Bonchev–Trinajstić information content (AvgIpc) is 3.29. The number of nitrogens with one attached hydrogen (secondary N) is 2. The van der Waals surface area contributed by atoms with Crippen molar-refractivity contribution in [2.45, 2.75) is 24.9 Å². The van der Waals surface area contributed by atoms with Crippen molar-refractivity contribution in [2.75, 3.05) is 19.7 Å². The van der Waals surface area contributed by atoms with E-state index >= 15 is 0 Å². The molecule has 12 heteroatoms. The molecule has 0 spiro atoms. The number of carbonyl (C=O) groups excluding carboxylic acids is 3. The van der Waals surface area contributed by atoms with Gasteiger partial charge in [0.2, 0.25) is 16.8 Å². The number of esters is 1. The van der Waals surface area contributed by atoms with E-state index in [9.17, 15) is 22.8 Å². The molecule has 0 unspecified atom stereocenters. The summed E-state index contributed by atoms with van der Waals surface area (Å²) in [5, 5.41) is -0.360. The number of rotatable bonds is 6. The van der Waals surface area contributed by atoms with Gasteiger partial charge in [0, 0.05) is 25.2 Å². The first-order valence-corrected chi connectivity index (χ1v) is 11.0. The predicted octanol–water partition coefficient (Wildman–Crippen LogP) is 0.713. The van der Waals surface area contributed by atoms with E-state index in [1.54, 1.807) is 19.1 Å². The molecule has 1 fully saturated rings. The lowest BCUT2D eigenvalue weighted by molar-refractivity contribution is -0.126. The fourth-order valence-electron chi connectivity index (χ4n) is 3.04. The molecular formula is C19H22N4O7S. The topological polar surface area (TPSA) is 148 Å². The van der Waals surface area contributed by atoms with Crippen molar-refractivity contribution in [1.29, 1.82) is 0 Å². The van der Waals surface area contributed by atoms with Crippen LogP contribution in [0.4, 0.5) is 0 Å². The fraction of sp³-hybridized carbons (Fsp3) is 0.368. The molecule has 3 rings (SSSR count). The second-order valence-corrected chi connectivity index (χ2v) is 8.54. The second-order valence-electron chi connectivity index (χ2n) is 6.68. The first-order valence-electron chi connectivity index (χ1n) is 9.61. The predicted molar refractivity (Wildman–Crippen MR) is 106 cm³/mol. The standard InChI is InChI=1S/C19H22N4O7S/c1-2-29-19(26)15-6-7-16(30-15)31(27,28)23-11-8-13(9-12-23)17(24)21-22-18(25)14-5-3-4-10-20-14/h3-7,10,13H,2,8-9,11-12H2,1H3,(H,21,24)(H,22,25). The van der Waals surface area contributed by atoms with Crippen molar-refractivity contribution in [2.24, 2.45) is 5.92 Å². The quantitative estimate of drug-likeness (QED) is 0.483. The molecule has 2 N–H and O–H groups in total. The maximum absolute atomic E-state index is 12.7. The molecule has 1 saturated heterocycles. The normalized spacial score (nSPS) is 15.3. The zero-order chi connectivity index (χ0) is 22.4. The van der Waals surface area contributed by atoms with Gasteiger partial charge in [-0.1, -0.05) is 6.07 Å². The third kappa shape index (κ3) is 5.27. The molecule has 11 nitrogen and oxygen atoms in total. The van der Waals surface area contributed by atoms with Crippen LogP contribution in [0.15, 0.2) is 46.0 Å². The van der Waals surface area contributed by atoms with Gasteiger partial charge >= 0.3 is 5.97 Å². The number of nitrogens with zero attached hydrogens (tertiary/aromatic N) is 2. The van der Waals surface area contributed by atoms with Crippen LogP contribution in [0, 0.1) is 5.92 Å². The minimum Gasteiger partial charge on any atom is -0.460 e. The van der Waals surface area contributed by atoms with Crippen LogP contribution in [0.5, 0.6) is 0 Å². The zero-order valence-electron chi connectivity index (χ0n) is 16.7. The maximum atomic E-state index is 12.7. The van der Waals surface area contributed by atoms with Crippen LogP contribution in [0.1, 0.15) is 40.8 Å². The third-order valence-electron chi connectivity index (χ3n) is 4.67. The average molecular weight is 450 g/mol. The Morgan fingerprint density at radius 2 is 1.90 bits per heavy atom. The van der Waals surface area contributed by atoms with Crippen LogP contribution in [0.2, 0.25) is 0 Å². The molecule has 166 valence electrons. The number of hydrogen-bond acceptors (Lipinski definition) is 8. The van der Waals surface area contributed by atoms with E-state index in [4.69, 9.17) is 9.15 Å². The van der Waals surface area contributed by atoms with Crippen LogP contribution in [-0.2, 0) is 19.6 Å². The molecule has 0 radical (unpaired) electrons. The van der Waals surface area contributed by atoms with Gasteiger partial charge in [-0.05, 0) is 44.0 Å². The van der Waals surface area contributed by atoms with Crippen LogP contribution in [0.3, 0.4) is 0 Å². The number of piperidine rings is 1. The lowest BCUT2D eigenvalue weighted by Crippen LogP contribution is -2.48. The van der Waals surface area contributed by atoms with E-state index in [2.05, 4.69) is 15.8 Å². The highest BCUT2D eigenvalue weighted by molar-refractivity contribution is 7.89. The van der Waals surface area contributed by atoms with Crippen molar-refractivity contribution in [3.05, 3.63) is 48.0 Å². The summed E-state index contributed by atoms with van der Waals surface area (Å²) < 4.78 is 36.6. The van der Waals surface area contributed by atoms with Crippen LogP contribution < -0.4 is 10.9 Å². The summed E-state index contributed by atoms with van der Waals surface area (Å²) in [4.78, 5) is 39.8. The van der Waals surface area contributed by atoms with Crippen LogP contribution >= 0.6 is 0 Å². The van der Waals surface area contributed by atoms with Gasteiger partial charge in [-0.2, -0.15) is 4.31 Å². The number of ether oxygens (including phenoxy) is 1. The van der Waals surface area contributed by atoms with Crippen molar-refractivity contribution in [1.82, 2.24) is 20.1 Å². The molecule has 1 aliphatic rings. The Hall–Kier alpha value is -3.25. The molecule has 0 aromatic carbocycles. The van der Waals surface area contributed by atoms with E-state index in [0.717, 1.165) is 0 Å². The summed E-state index contributed by atoms with van der Waals surface area (Å²) >= 11 is 0. The number of sulfonamides is 1.